The lowest BCUT2D eigenvalue weighted by molar-refractivity contribution is 0.0994. The standard InChI is InChI=1S/C26H33ClN6O/c27-19-7-5-18(6-8-19)22-15-33-23(24(29)34)14-30-25(26(33)32-22)31-21-11-3-17(4-12-21)13-16-1-9-20(28)10-2-16/h5-8,14-17,20-21H,1-4,9-13,28H2,(H2,29,34)(H,30,31). The van der Waals surface area contributed by atoms with Crippen molar-refractivity contribution in [2.45, 2.75) is 69.9 Å². The molecule has 2 fully saturated rings. The van der Waals surface area contributed by atoms with Crippen LogP contribution in [0.3, 0.4) is 0 Å². The van der Waals surface area contributed by atoms with Crippen molar-refractivity contribution < 1.29 is 4.79 Å². The second kappa shape index (κ2) is 9.92. The molecule has 5 N–H and O–H groups in total. The molecular formula is C26H33ClN6O. The molecule has 5 rings (SSSR count). The number of nitrogens with two attached hydrogens (primary N) is 2. The summed E-state index contributed by atoms with van der Waals surface area (Å²) >= 11 is 6.04. The van der Waals surface area contributed by atoms with Gasteiger partial charge in [0.25, 0.3) is 5.91 Å². The van der Waals surface area contributed by atoms with Crippen LogP contribution in [0.5, 0.6) is 0 Å². The molecule has 0 saturated heterocycles. The van der Waals surface area contributed by atoms with Crippen LogP contribution in [0.2, 0.25) is 5.02 Å². The summed E-state index contributed by atoms with van der Waals surface area (Å²) < 4.78 is 1.74. The Morgan fingerprint density at radius 1 is 1.03 bits per heavy atom. The maximum absolute atomic E-state index is 12.0. The number of aromatic nitrogens is 3. The van der Waals surface area contributed by atoms with Gasteiger partial charge in [0.15, 0.2) is 11.5 Å². The number of fused-ring (bicyclic) bond motifs is 1. The van der Waals surface area contributed by atoms with E-state index in [1.807, 2.05) is 30.5 Å². The van der Waals surface area contributed by atoms with Crippen molar-refractivity contribution in [3.05, 3.63) is 47.4 Å². The monoisotopic (exact) mass is 480 g/mol. The van der Waals surface area contributed by atoms with Gasteiger partial charge in [0.05, 0.1) is 11.9 Å². The molecule has 2 aliphatic carbocycles. The smallest absolute Gasteiger partial charge is 0.267 e. The summed E-state index contributed by atoms with van der Waals surface area (Å²) in [6.45, 7) is 0. The molecule has 2 aliphatic rings. The number of hydrogen-bond donors (Lipinski definition) is 3. The van der Waals surface area contributed by atoms with E-state index in [1.165, 1.54) is 51.1 Å². The number of nitrogens with zero attached hydrogens (tertiary/aromatic N) is 3. The summed E-state index contributed by atoms with van der Waals surface area (Å²) in [6, 6.07) is 8.25. The van der Waals surface area contributed by atoms with Crippen LogP contribution in [-0.4, -0.2) is 32.4 Å². The number of benzene rings is 1. The zero-order valence-corrected chi connectivity index (χ0v) is 20.2. The van der Waals surface area contributed by atoms with E-state index in [4.69, 9.17) is 28.1 Å². The number of carbonyl (C=O) groups is 1. The number of imidazole rings is 1. The van der Waals surface area contributed by atoms with Crippen LogP contribution in [0.4, 0.5) is 5.82 Å². The Hall–Kier alpha value is -2.64. The van der Waals surface area contributed by atoms with E-state index in [0.717, 1.165) is 35.9 Å². The largest absolute Gasteiger partial charge is 0.364 e. The second-order valence-corrected chi connectivity index (χ2v) is 10.5. The van der Waals surface area contributed by atoms with E-state index in [-0.39, 0.29) is 0 Å². The third kappa shape index (κ3) is 5.05. The Balaban J connectivity index is 1.29. The Bertz CT molecular complexity index is 1140. The van der Waals surface area contributed by atoms with E-state index < -0.39 is 5.91 Å². The lowest BCUT2D eigenvalue weighted by Crippen LogP contribution is -2.30. The van der Waals surface area contributed by atoms with E-state index in [9.17, 15) is 4.79 Å². The first kappa shape index (κ1) is 23.1. The Morgan fingerprint density at radius 2 is 1.68 bits per heavy atom. The minimum atomic E-state index is -0.534. The van der Waals surface area contributed by atoms with Crippen molar-refractivity contribution >= 4 is 29.0 Å². The van der Waals surface area contributed by atoms with E-state index in [2.05, 4.69) is 10.3 Å². The topological polar surface area (TPSA) is 111 Å². The van der Waals surface area contributed by atoms with Gasteiger partial charge in [-0.15, -0.1) is 0 Å². The van der Waals surface area contributed by atoms with E-state index in [1.54, 1.807) is 4.40 Å². The third-order valence-electron chi connectivity index (χ3n) is 7.63. The normalized spacial score (nSPS) is 25.4. The number of rotatable bonds is 6. The molecule has 1 aromatic carbocycles. The molecule has 0 aliphatic heterocycles. The highest BCUT2D eigenvalue weighted by Crippen LogP contribution is 2.36. The first-order valence-corrected chi connectivity index (χ1v) is 12.8. The molecular weight excluding hydrogens is 448 g/mol. The predicted molar refractivity (Wildman–Crippen MR) is 136 cm³/mol. The van der Waals surface area contributed by atoms with Gasteiger partial charge >= 0.3 is 0 Å². The van der Waals surface area contributed by atoms with Gasteiger partial charge in [-0.3, -0.25) is 9.20 Å². The highest BCUT2D eigenvalue weighted by atomic mass is 35.5. The predicted octanol–water partition coefficient (Wildman–Crippen LogP) is 5.03. The van der Waals surface area contributed by atoms with E-state index >= 15 is 0 Å². The van der Waals surface area contributed by atoms with Crippen LogP contribution in [0.25, 0.3) is 16.9 Å². The van der Waals surface area contributed by atoms with Gasteiger partial charge in [0.2, 0.25) is 0 Å². The molecule has 0 atom stereocenters. The molecule has 1 amide bonds. The first-order valence-electron chi connectivity index (χ1n) is 12.4. The quantitative estimate of drug-likeness (QED) is 0.458. The minimum absolute atomic E-state index is 0.309. The van der Waals surface area contributed by atoms with Crippen LogP contribution in [0.15, 0.2) is 36.7 Å². The van der Waals surface area contributed by atoms with Gasteiger partial charge < -0.3 is 16.8 Å². The fraction of sp³-hybridized carbons (Fsp3) is 0.500. The maximum atomic E-state index is 12.0. The first-order chi connectivity index (χ1) is 16.5. The molecule has 2 aromatic heterocycles. The molecule has 0 spiro atoms. The van der Waals surface area contributed by atoms with Gasteiger partial charge in [0, 0.05) is 28.9 Å². The average molecular weight is 481 g/mol. The van der Waals surface area contributed by atoms with Crippen molar-refractivity contribution in [2.75, 3.05) is 5.32 Å². The molecule has 2 heterocycles. The summed E-state index contributed by atoms with van der Waals surface area (Å²) in [5.41, 5.74) is 14.3. The molecule has 34 heavy (non-hydrogen) atoms. The van der Waals surface area contributed by atoms with Gasteiger partial charge in [-0.25, -0.2) is 9.97 Å². The van der Waals surface area contributed by atoms with Crippen molar-refractivity contribution in [1.82, 2.24) is 14.4 Å². The van der Waals surface area contributed by atoms with Crippen molar-refractivity contribution in [3.63, 3.8) is 0 Å². The maximum Gasteiger partial charge on any atom is 0.267 e. The summed E-state index contributed by atoms with van der Waals surface area (Å²) in [4.78, 5) is 21.3. The van der Waals surface area contributed by atoms with Crippen LogP contribution in [-0.2, 0) is 0 Å². The molecule has 7 nitrogen and oxygen atoms in total. The minimum Gasteiger partial charge on any atom is -0.364 e. The second-order valence-electron chi connectivity index (χ2n) is 10.1. The molecule has 0 radical (unpaired) electrons. The molecule has 8 heteroatoms. The summed E-state index contributed by atoms with van der Waals surface area (Å²) in [6.07, 6.45) is 14.4. The summed E-state index contributed by atoms with van der Waals surface area (Å²) in [5.74, 6) is 1.82. The van der Waals surface area contributed by atoms with E-state index in [0.29, 0.717) is 34.3 Å². The lowest BCUT2D eigenvalue weighted by atomic mass is 9.76. The highest BCUT2D eigenvalue weighted by Gasteiger charge is 2.27. The Labute approximate surface area is 205 Å². The SMILES string of the molecule is NC(=O)c1cnc(NC2CCC(CC3CCC(N)CC3)CC2)c2nc(-c3ccc(Cl)cc3)cn12. The number of hydrogen-bond acceptors (Lipinski definition) is 5. The van der Waals surface area contributed by atoms with Crippen LogP contribution in [0, 0.1) is 11.8 Å². The van der Waals surface area contributed by atoms with Gasteiger partial charge in [-0.1, -0.05) is 23.7 Å². The van der Waals surface area contributed by atoms with Crippen LogP contribution in [0.1, 0.15) is 68.3 Å². The number of carbonyl (C=O) groups excluding carboxylic acids is 1. The highest BCUT2D eigenvalue weighted by molar-refractivity contribution is 6.30. The Kier molecular flexibility index (Phi) is 6.75. The molecule has 3 aromatic rings. The molecule has 180 valence electrons. The average Bonchev–Trinajstić information content (AvgIpc) is 3.28. The number of nitrogens with one attached hydrogen (secondary N) is 1. The fourth-order valence-electron chi connectivity index (χ4n) is 5.65. The number of primary amides is 1. The number of halogens is 1. The van der Waals surface area contributed by atoms with Crippen molar-refractivity contribution in [3.8, 4) is 11.3 Å². The molecule has 2 saturated carbocycles. The van der Waals surface area contributed by atoms with Gasteiger partial charge in [-0.05, 0) is 81.8 Å². The molecule has 0 bridgehead atoms. The zero-order chi connectivity index (χ0) is 23.7. The van der Waals surface area contributed by atoms with Gasteiger partial charge in [0.1, 0.15) is 5.69 Å². The third-order valence-corrected chi connectivity index (χ3v) is 7.88. The van der Waals surface area contributed by atoms with Crippen LogP contribution < -0.4 is 16.8 Å². The zero-order valence-electron chi connectivity index (χ0n) is 19.4. The van der Waals surface area contributed by atoms with Gasteiger partial charge in [-0.2, -0.15) is 0 Å². The molecule has 0 unspecified atom stereocenters. The fourth-order valence-corrected chi connectivity index (χ4v) is 5.78. The summed E-state index contributed by atoms with van der Waals surface area (Å²) in [5, 5.41) is 4.27. The lowest BCUT2D eigenvalue weighted by Gasteiger charge is -2.33. The van der Waals surface area contributed by atoms with Crippen molar-refractivity contribution in [2.24, 2.45) is 23.3 Å². The number of anilines is 1. The van der Waals surface area contributed by atoms with Crippen molar-refractivity contribution in [1.29, 1.82) is 0 Å². The number of amides is 1. The Morgan fingerprint density at radius 3 is 2.32 bits per heavy atom. The van der Waals surface area contributed by atoms with Crippen LogP contribution >= 0.6 is 11.6 Å². The summed E-state index contributed by atoms with van der Waals surface area (Å²) in [7, 11) is 0.